The zero-order chi connectivity index (χ0) is 13.2. The highest BCUT2D eigenvalue weighted by atomic mass is 35.5. The number of carbonyl (C=O) groups excluding carboxylic acids is 1. The average molecular weight is 296 g/mol. The minimum absolute atomic E-state index is 0. The van der Waals surface area contributed by atoms with Crippen LogP contribution in [0.1, 0.15) is 23.2 Å². The summed E-state index contributed by atoms with van der Waals surface area (Å²) in [7, 11) is 0. The Morgan fingerprint density at radius 1 is 1.25 bits per heavy atom. The smallest absolute Gasteiger partial charge is 0.271 e. The maximum absolute atomic E-state index is 11.9. The van der Waals surface area contributed by atoms with Gasteiger partial charge in [-0.1, -0.05) is 0 Å². The van der Waals surface area contributed by atoms with Crippen molar-refractivity contribution in [3.05, 3.63) is 29.8 Å². The Labute approximate surface area is 124 Å². The molecule has 4 rings (SSSR count). The molecule has 2 bridgehead atoms. The van der Waals surface area contributed by atoms with E-state index in [0.717, 1.165) is 38.2 Å². The van der Waals surface area contributed by atoms with Crippen molar-refractivity contribution in [3.63, 3.8) is 0 Å². The number of phenolic OH excluding ortho intramolecular Hbond substituents is 1. The molecule has 0 atom stereocenters. The molecule has 108 valence electrons. The van der Waals surface area contributed by atoms with E-state index in [1.54, 1.807) is 12.1 Å². The summed E-state index contributed by atoms with van der Waals surface area (Å²) < 4.78 is 0. The van der Waals surface area contributed by atoms with Crippen LogP contribution in [0.2, 0.25) is 0 Å². The van der Waals surface area contributed by atoms with Gasteiger partial charge < -0.3 is 5.11 Å². The van der Waals surface area contributed by atoms with Gasteiger partial charge in [-0.05, 0) is 50.2 Å². The van der Waals surface area contributed by atoms with Gasteiger partial charge in [0.15, 0.2) is 0 Å². The van der Waals surface area contributed by atoms with Gasteiger partial charge in [-0.3, -0.25) is 9.69 Å². The first-order valence-corrected chi connectivity index (χ1v) is 6.60. The number of fused-ring (bicyclic) bond motifs is 3. The van der Waals surface area contributed by atoms with E-state index in [-0.39, 0.29) is 24.1 Å². The minimum atomic E-state index is -0.232. The molecule has 1 aromatic carbocycles. The number of benzene rings is 1. The molecule has 20 heavy (non-hydrogen) atoms. The van der Waals surface area contributed by atoms with Crippen LogP contribution in [-0.4, -0.2) is 41.3 Å². The fraction of sp³-hybridized carbons (Fsp3) is 0.429. The third kappa shape index (κ3) is 3.11. The fourth-order valence-corrected chi connectivity index (χ4v) is 2.71. The second-order valence-corrected chi connectivity index (χ2v) is 5.14. The van der Waals surface area contributed by atoms with Gasteiger partial charge in [-0.2, -0.15) is 5.10 Å². The lowest BCUT2D eigenvalue weighted by molar-refractivity contribution is 0.0953. The van der Waals surface area contributed by atoms with Crippen LogP contribution in [0.15, 0.2) is 29.4 Å². The number of phenols is 1. The summed E-state index contributed by atoms with van der Waals surface area (Å²) in [6.45, 7) is 3.17. The number of carbonyl (C=O) groups is 1. The highest BCUT2D eigenvalue weighted by molar-refractivity contribution is 5.96. The molecular formula is C14H18ClN3O2. The monoisotopic (exact) mass is 295 g/mol. The summed E-state index contributed by atoms with van der Waals surface area (Å²) in [6, 6.07) is 6.16. The van der Waals surface area contributed by atoms with Gasteiger partial charge in [0, 0.05) is 18.0 Å². The molecule has 0 spiro atoms. The largest absolute Gasteiger partial charge is 0.508 e. The third-order valence-electron chi connectivity index (χ3n) is 3.87. The van der Waals surface area contributed by atoms with E-state index in [2.05, 4.69) is 15.4 Å². The lowest BCUT2D eigenvalue weighted by Crippen LogP contribution is -2.48. The first kappa shape index (κ1) is 14.8. The number of aromatic hydroxyl groups is 1. The SMILES string of the molecule is Cl.O=C(N/N=C1/CN2CCC1CC2)c1ccc(O)cc1. The van der Waals surface area contributed by atoms with Gasteiger partial charge in [0.2, 0.25) is 0 Å². The van der Waals surface area contributed by atoms with Gasteiger partial charge >= 0.3 is 0 Å². The van der Waals surface area contributed by atoms with Crippen LogP contribution in [0.5, 0.6) is 5.75 Å². The van der Waals surface area contributed by atoms with E-state index in [1.807, 2.05) is 0 Å². The van der Waals surface area contributed by atoms with Gasteiger partial charge in [0.1, 0.15) is 5.75 Å². The summed E-state index contributed by atoms with van der Waals surface area (Å²) in [6.07, 6.45) is 2.29. The number of halogens is 1. The van der Waals surface area contributed by atoms with Crippen molar-refractivity contribution >= 4 is 24.0 Å². The van der Waals surface area contributed by atoms with Crippen LogP contribution in [0.3, 0.4) is 0 Å². The highest BCUT2D eigenvalue weighted by Gasteiger charge is 2.30. The van der Waals surface area contributed by atoms with Crippen molar-refractivity contribution in [3.8, 4) is 5.75 Å². The number of nitrogens with one attached hydrogen (secondary N) is 1. The van der Waals surface area contributed by atoms with E-state index in [9.17, 15) is 9.90 Å². The molecule has 0 aromatic heterocycles. The summed E-state index contributed by atoms with van der Waals surface area (Å²) in [5.41, 5.74) is 4.20. The second kappa shape index (κ2) is 6.24. The molecule has 0 saturated carbocycles. The van der Waals surface area contributed by atoms with E-state index in [0.29, 0.717) is 11.5 Å². The maximum Gasteiger partial charge on any atom is 0.271 e. The minimum Gasteiger partial charge on any atom is -0.508 e. The number of hydrogen-bond donors (Lipinski definition) is 2. The van der Waals surface area contributed by atoms with Crippen LogP contribution in [0.4, 0.5) is 0 Å². The molecule has 0 unspecified atom stereocenters. The van der Waals surface area contributed by atoms with Gasteiger partial charge in [-0.15, -0.1) is 12.4 Å². The van der Waals surface area contributed by atoms with Crippen molar-refractivity contribution < 1.29 is 9.90 Å². The van der Waals surface area contributed by atoms with Crippen molar-refractivity contribution in [2.45, 2.75) is 12.8 Å². The molecule has 3 saturated heterocycles. The molecule has 3 heterocycles. The van der Waals surface area contributed by atoms with Crippen molar-refractivity contribution in [1.29, 1.82) is 0 Å². The Hall–Kier alpha value is -1.59. The number of rotatable bonds is 2. The summed E-state index contributed by atoms with van der Waals surface area (Å²) in [5, 5.41) is 13.5. The number of hydrazone groups is 1. The Bertz CT molecular complexity index is 508. The zero-order valence-corrected chi connectivity index (χ0v) is 11.9. The van der Waals surface area contributed by atoms with E-state index < -0.39 is 0 Å². The molecule has 6 heteroatoms. The maximum atomic E-state index is 11.9. The van der Waals surface area contributed by atoms with Gasteiger partial charge in [0.25, 0.3) is 5.91 Å². The lowest BCUT2D eigenvalue weighted by Gasteiger charge is -2.39. The Morgan fingerprint density at radius 3 is 2.45 bits per heavy atom. The molecule has 0 radical (unpaired) electrons. The first-order chi connectivity index (χ1) is 9.22. The summed E-state index contributed by atoms with van der Waals surface area (Å²) in [5.74, 6) is 0.453. The number of hydrogen-bond acceptors (Lipinski definition) is 4. The van der Waals surface area contributed by atoms with Crippen molar-refractivity contribution in [1.82, 2.24) is 10.3 Å². The molecule has 5 nitrogen and oxygen atoms in total. The standard InChI is InChI=1S/C14H17N3O2.ClH/c18-12-3-1-11(2-4-12)14(19)16-15-13-9-17-7-5-10(13)6-8-17;/h1-4,10,18H,5-9H2,(H,16,19);1H/b15-13-;. The van der Waals surface area contributed by atoms with E-state index in [1.165, 1.54) is 12.1 Å². The van der Waals surface area contributed by atoms with Gasteiger partial charge in [-0.25, -0.2) is 5.43 Å². The highest BCUT2D eigenvalue weighted by Crippen LogP contribution is 2.24. The van der Waals surface area contributed by atoms with Crippen LogP contribution in [-0.2, 0) is 0 Å². The Kier molecular flexibility index (Phi) is 4.62. The van der Waals surface area contributed by atoms with Crippen LogP contribution >= 0.6 is 12.4 Å². The van der Waals surface area contributed by atoms with E-state index in [4.69, 9.17) is 0 Å². The summed E-state index contributed by atoms with van der Waals surface area (Å²) >= 11 is 0. The molecule has 1 aromatic rings. The molecule has 3 aliphatic heterocycles. The lowest BCUT2D eigenvalue weighted by atomic mass is 9.87. The Morgan fingerprint density at radius 2 is 1.90 bits per heavy atom. The molecule has 3 fully saturated rings. The molecular weight excluding hydrogens is 278 g/mol. The summed E-state index contributed by atoms with van der Waals surface area (Å²) in [4.78, 5) is 14.3. The molecule has 0 aliphatic carbocycles. The fourth-order valence-electron chi connectivity index (χ4n) is 2.71. The first-order valence-electron chi connectivity index (χ1n) is 6.60. The molecule has 3 aliphatic rings. The van der Waals surface area contributed by atoms with Crippen LogP contribution in [0, 0.1) is 5.92 Å². The average Bonchev–Trinajstić information content (AvgIpc) is 2.47. The van der Waals surface area contributed by atoms with Crippen LogP contribution in [0.25, 0.3) is 0 Å². The molecule has 1 amide bonds. The predicted molar refractivity (Wildman–Crippen MR) is 79.4 cm³/mol. The molecule has 2 N–H and O–H groups in total. The predicted octanol–water partition coefficient (Wildman–Crippen LogP) is 1.63. The number of piperidine rings is 3. The van der Waals surface area contributed by atoms with Crippen molar-refractivity contribution in [2.75, 3.05) is 19.6 Å². The van der Waals surface area contributed by atoms with Crippen LogP contribution < -0.4 is 5.43 Å². The second-order valence-electron chi connectivity index (χ2n) is 5.14. The third-order valence-corrected chi connectivity index (χ3v) is 3.87. The zero-order valence-electron chi connectivity index (χ0n) is 11.1. The normalized spacial score (nSPS) is 26.1. The Balaban J connectivity index is 0.00000147. The van der Waals surface area contributed by atoms with E-state index >= 15 is 0 Å². The number of nitrogens with zero attached hydrogens (tertiary/aromatic N) is 2. The quantitative estimate of drug-likeness (QED) is 0.815. The topological polar surface area (TPSA) is 64.9 Å². The number of amides is 1. The van der Waals surface area contributed by atoms with Crippen molar-refractivity contribution in [2.24, 2.45) is 11.0 Å². The van der Waals surface area contributed by atoms with Gasteiger partial charge in [0.05, 0.1) is 5.71 Å².